The molecule has 0 aromatic heterocycles. The first kappa shape index (κ1) is 16.1. The monoisotopic (exact) mass is 353 g/mol. The number of sulfonamides is 1. The Balaban J connectivity index is 1.55. The van der Waals surface area contributed by atoms with Gasteiger partial charge < -0.3 is 14.8 Å². The summed E-state index contributed by atoms with van der Waals surface area (Å²) in [6.45, 7) is 5.84. The van der Waals surface area contributed by atoms with Crippen LogP contribution in [0.4, 0.5) is 0 Å². The van der Waals surface area contributed by atoms with Gasteiger partial charge in [0.1, 0.15) is 18.1 Å². The van der Waals surface area contributed by atoms with Crippen molar-refractivity contribution in [3.63, 3.8) is 0 Å². The van der Waals surface area contributed by atoms with E-state index in [-0.39, 0.29) is 4.90 Å². The summed E-state index contributed by atoms with van der Waals surface area (Å²) in [5, 5.41) is 3.34. The zero-order valence-corrected chi connectivity index (χ0v) is 14.4. The van der Waals surface area contributed by atoms with Crippen LogP contribution in [-0.2, 0) is 10.0 Å². The lowest BCUT2D eigenvalue weighted by Gasteiger charge is -2.32. The molecule has 1 aromatic carbocycles. The SMILES string of the molecule is O=S(=O)(c1cccc2c1OCCO2)N1CCC(N2CCNCC2)C1. The number of rotatable bonds is 3. The molecular formula is C16H23N3O4S. The van der Waals surface area contributed by atoms with Crippen molar-refractivity contribution in [1.29, 1.82) is 0 Å². The van der Waals surface area contributed by atoms with E-state index in [2.05, 4.69) is 10.2 Å². The van der Waals surface area contributed by atoms with Gasteiger partial charge in [0.05, 0.1) is 0 Å². The molecule has 0 aliphatic carbocycles. The number of nitrogens with one attached hydrogen (secondary N) is 1. The van der Waals surface area contributed by atoms with Crippen molar-refractivity contribution in [2.24, 2.45) is 0 Å². The van der Waals surface area contributed by atoms with E-state index in [1.54, 1.807) is 22.5 Å². The Labute approximate surface area is 142 Å². The molecule has 4 rings (SSSR count). The van der Waals surface area contributed by atoms with Crippen molar-refractivity contribution < 1.29 is 17.9 Å². The van der Waals surface area contributed by atoms with Crippen LogP contribution >= 0.6 is 0 Å². The number of hydrogen-bond acceptors (Lipinski definition) is 6. The molecule has 7 nitrogen and oxygen atoms in total. The summed E-state index contributed by atoms with van der Waals surface area (Å²) in [6, 6.07) is 5.38. The molecule has 132 valence electrons. The first-order valence-corrected chi connectivity index (χ1v) is 9.94. The van der Waals surface area contributed by atoms with Crippen LogP contribution in [0.15, 0.2) is 23.1 Å². The first-order valence-electron chi connectivity index (χ1n) is 8.50. The highest BCUT2D eigenvalue weighted by atomic mass is 32.2. The van der Waals surface area contributed by atoms with Crippen LogP contribution < -0.4 is 14.8 Å². The summed E-state index contributed by atoms with van der Waals surface area (Å²) < 4.78 is 38.9. The predicted octanol–water partition coefficient (Wildman–Crippen LogP) is 0.126. The number of fused-ring (bicyclic) bond motifs is 1. The Morgan fingerprint density at radius 2 is 1.88 bits per heavy atom. The lowest BCUT2D eigenvalue weighted by Crippen LogP contribution is -2.49. The molecule has 1 N–H and O–H groups in total. The molecule has 0 amide bonds. The molecule has 3 aliphatic heterocycles. The van der Waals surface area contributed by atoms with Gasteiger partial charge in [0.15, 0.2) is 11.5 Å². The minimum atomic E-state index is -3.57. The molecule has 0 radical (unpaired) electrons. The third kappa shape index (κ3) is 2.88. The maximum atomic E-state index is 13.1. The lowest BCUT2D eigenvalue weighted by molar-refractivity contribution is 0.166. The first-order chi connectivity index (χ1) is 11.7. The van der Waals surface area contributed by atoms with E-state index in [0.29, 0.717) is 43.8 Å². The van der Waals surface area contributed by atoms with E-state index in [4.69, 9.17) is 9.47 Å². The quantitative estimate of drug-likeness (QED) is 0.833. The topological polar surface area (TPSA) is 71.1 Å². The minimum Gasteiger partial charge on any atom is -0.486 e. The van der Waals surface area contributed by atoms with Crippen LogP contribution in [0, 0.1) is 0 Å². The number of benzene rings is 1. The Morgan fingerprint density at radius 1 is 1.08 bits per heavy atom. The number of nitrogens with zero attached hydrogens (tertiary/aromatic N) is 2. The van der Waals surface area contributed by atoms with Crippen LogP contribution in [0.3, 0.4) is 0 Å². The van der Waals surface area contributed by atoms with E-state index in [1.807, 2.05) is 0 Å². The zero-order chi connectivity index (χ0) is 16.6. The number of hydrogen-bond donors (Lipinski definition) is 1. The maximum Gasteiger partial charge on any atom is 0.246 e. The molecule has 8 heteroatoms. The lowest BCUT2D eigenvalue weighted by atomic mass is 10.2. The van der Waals surface area contributed by atoms with E-state index >= 15 is 0 Å². The molecular weight excluding hydrogens is 330 g/mol. The van der Waals surface area contributed by atoms with E-state index < -0.39 is 10.0 Å². The fraction of sp³-hybridized carbons (Fsp3) is 0.625. The molecule has 1 aromatic rings. The molecule has 2 fully saturated rings. The third-order valence-electron chi connectivity index (χ3n) is 4.94. The molecule has 3 aliphatic rings. The van der Waals surface area contributed by atoms with Crippen LogP contribution in [0.1, 0.15) is 6.42 Å². The van der Waals surface area contributed by atoms with E-state index in [1.165, 1.54) is 0 Å². The van der Waals surface area contributed by atoms with Crippen molar-refractivity contribution in [1.82, 2.24) is 14.5 Å². The van der Waals surface area contributed by atoms with Gasteiger partial charge in [0, 0.05) is 45.3 Å². The predicted molar refractivity (Wildman–Crippen MR) is 89.0 cm³/mol. The number of ether oxygens (including phenoxy) is 2. The van der Waals surface area contributed by atoms with Gasteiger partial charge in [-0.3, -0.25) is 4.90 Å². The summed E-state index contributed by atoms with van der Waals surface area (Å²) in [5.74, 6) is 0.870. The molecule has 2 saturated heterocycles. The summed E-state index contributed by atoms with van der Waals surface area (Å²) in [7, 11) is -3.57. The Kier molecular flexibility index (Phi) is 4.38. The Bertz CT molecular complexity index is 703. The second-order valence-electron chi connectivity index (χ2n) is 6.37. The molecule has 0 bridgehead atoms. The van der Waals surface area contributed by atoms with Crippen molar-refractivity contribution in [2.45, 2.75) is 17.4 Å². The van der Waals surface area contributed by atoms with Crippen molar-refractivity contribution in [3.8, 4) is 11.5 Å². The molecule has 0 saturated carbocycles. The normalized spacial score (nSPS) is 25.8. The average Bonchev–Trinajstić information content (AvgIpc) is 3.13. The van der Waals surface area contributed by atoms with Gasteiger partial charge in [-0.2, -0.15) is 4.31 Å². The van der Waals surface area contributed by atoms with Crippen LogP contribution in [0.25, 0.3) is 0 Å². The summed E-state index contributed by atoms with van der Waals surface area (Å²) >= 11 is 0. The summed E-state index contributed by atoms with van der Waals surface area (Å²) in [5.41, 5.74) is 0. The van der Waals surface area contributed by atoms with Gasteiger partial charge in [-0.25, -0.2) is 8.42 Å². The smallest absolute Gasteiger partial charge is 0.246 e. The van der Waals surface area contributed by atoms with Crippen LogP contribution in [-0.4, -0.2) is 76.1 Å². The van der Waals surface area contributed by atoms with Crippen molar-refractivity contribution in [2.75, 3.05) is 52.5 Å². The second-order valence-corrected chi connectivity index (χ2v) is 8.28. The second kappa shape index (κ2) is 6.51. The van der Waals surface area contributed by atoms with Gasteiger partial charge in [-0.15, -0.1) is 0 Å². The highest BCUT2D eigenvalue weighted by Crippen LogP contribution is 2.38. The largest absolute Gasteiger partial charge is 0.486 e. The number of para-hydroxylation sites is 1. The minimum absolute atomic E-state index is 0.223. The van der Waals surface area contributed by atoms with Gasteiger partial charge in [0.25, 0.3) is 0 Å². The fourth-order valence-corrected chi connectivity index (χ4v) is 5.30. The van der Waals surface area contributed by atoms with Gasteiger partial charge >= 0.3 is 0 Å². The molecule has 1 atom stereocenters. The molecule has 1 unspecified atom stereocenters. The zero-order valence-electron chi connectivity index (χ0n) is 13.6. The van der Waals surface area contributed by atoms with Gasteiger partial charge in [0.2, 0.25) is 10.0 Å². The Morgan fingerprint density at radius 3 is 2.71 bits per heavy atom. The molecule has 3 heterocycles. The summed E-state index contributed by atoms with van der Waals surface area (Å²) in [4.78, 5) is 2.62. The maximum absolute atomic E-state index is 13.1. The van der Waals surface area contributed by atoms with Crippen molar-refractivity contribution >= 4 is 10.0 Å². The van der Waals surface area contributed by atoms with Gasteiger partial charge in [-0.05, 0) is 18.6 Å². The van der Waals surface area contributed by atoms with Crippen LogP contribution in [0.2, 0.25) is 0 Å². The molecule has 24 heavy (non-hydrogen) atoms. The molecule has 0 spiro atoms. The highest BCUT2D eigenvalue weighted by molar-refractivity contribution is 7.89. The highest BCUT2D eigenvalue weighted by Gasteiger charge is 2.37. The average molecular weight is 353 g/mol. The number of piperazine rings is 1. The third-order valence-corrected chi connectivity index (χ3v) is 6.83. The fourth-order valence-electron chi connectivity index (χ4n) is 3.66. The van der Waals surface area contributed by atoms with E-state index in [0.717, 1.165) is 32.6 Å². The van der Waals surface area contributed by atoms with E-state index in [9.17, 15) is 8.42 Å². The van der Waals surface area contributed by atoms with Gasteiger partial charge in [-0.1, -0.05) is 6.07 Å². The standard InChI is InChI=1S/C16H23N3O4S/c20-24(21,15-3-1-2-14-16(15)23-11-10-22-14)19-7-4-13(12-19)18-8-5-17-6-9-18/h1-3,13,17H,4-12H2. The van der Waals surface area contributed by atoms with Crippen molar-refractivity contribution in [3.05, 3.63) is 18.2 Å². The summed E-state index contributed by atoms with van der Waals surface area (Å²) in [6.07, 6.45) is 0.881. The Hall–Kier alpha value is -1.35. The van der Waals surface area contributed by atoms with Crippen LogP contribution in [0.5, 0.6) is 11.5 Å².